The second kappa shape index (κ2) is 8.64. The van der Waals surface area contributed by atoms with Crippen LogP contribution < -0.4 is 9.80 Å². The molecule has 2 fully saturated rings. The van der Waals surface area contributed by atoms with Crippen molar-refractivity contribution in [3.8, 4) is 0 Å². The van der Waals surface area contributed by atoms with Crippen molar-refractivity contribution in [2.45, 2.75) is 26.2 Å². The third-order valence-corrected chi connectivity index (χ3v) is 5.69. The highest BCUT2D eigenvalue weighted by Gasteiger charge is 2.28. The molecule has 0 radical (unpaired) electrons. The smallest absolute Gasteiger partial charge is 0.282 e. The summed E-state index contributed by atoms with van der Waals surface area (Å²) in [6, 6.07) is 8.10. The average molecular weight is 410 g/mol. The molecule has 1 amide bonds. The van der Waals surface area contributed by atoms with Gasteiger partial charge in [-0.25, -0.2) is 4.98 Å². The molecule has 0 N–H and O–H groups in total. The van der Waals surface area contributed by atoms with Crippen LogP contribution >= 0.6 is 0 Å². The van der Waals surface area contributed by atoms with Crippen molar-refractivity contribution < 1.29 is 9.72 Å². The number of amides is 1. The standard InChI is InChI=1S/C21H26N6O3/c1-16-15-19(23-21(22-16)26-9-5-2-6-10-26)24-11-13-25(14-12-24)20(28)17-7-3-4-8-18(17)27(29)30/h3-4,7-8,15H,2,5-6,9-14H2,1H3. The zero-order valence-corrected chi connectivity index (χ0v) is 17.2. The molecule has 30 heavy (non-hydrogen) atoms. The topological polar surface area (TPSA) is 95.7 Å². The Bertz CT molecular complexity index is 936. The SMILES string of the molecule is Cc1cc(N2CCN(C(=O)c3ccccc3[N+](=O)[O-])CC2)nc(N2CCCCC2)n1. The first-order valence-corrected chi connectivity index (χ1v) is 10.4. The Labute approximate surface area is 175 Å². The number of aryl methyl sites for hydroxylation is 1. The van der Waals surface area contributed by atoms with Gasteiger partial charge in [-0.2, -0.15) is 4.98 Å². The number of aromatic nitrogens is 2. The lowest BCUT2D eigenvalue weighted by molar-refractivity contribution is -0.385. The number of rotatable bonds is 4. The van der Waals surface area contributed by atoms with Crippen LogP contribution in [0.15, 0.2) is 30.3 Å². The summed E-state index contributed by atoms with van der Waals surface area (Å²) in [6.45, 7) is 6.19. The summed E-state index contributed by atoms with van der Waals surface area (Å²) < 4.78 is 0. The van der Waals surface area contributed by atoms with Crippen molar-refractivity contribution in [3.05, 3.63) is 51.7 Å². The first kappa shape index (κ1) is 20.1. The molecule has 0 saturated carbocycles. The number of piperidine rings is 1. The van der Waals surface area contributed by atoms with Gasteiger partial charge in [0.05, 0.1) is 4.92 Å². The van der Waals surface area contributed by atoms with Crippen molar-refractivity contribution in [2.24, 2.45) is 0 Å². The third-order valence-electron chi connectivity index (χ3n) is 5.69. The molecule has 1 aromatic heterocycles. The van der Waals surface area contributed by atoms with Gasteiger partial charge in [-0.05, 0) is 32.3 Å². The molecule has 9 nitrogen and oxygen atoms in total. The van der Waals surface area contributed by atoms with Gasteiger partial charge >= 0.3 is 0 Å². The van der Waals surface area contributed by atoms with E-state index >= 15 is 0 Å². The first-order valence-electron chi connectivity index (χ1n) is 10.4. The van der Waals surface area contributed by atoms with E-state index in [2.05, 4.69) is 14.8 Å². The number of hydrogen-bond donors (Lipinski definition) is 0. The highest BCUT2D eigenvalue weighted by atomic mass is 16.6. The van der Waals surface area contributed by atoms with E-state index in [9.17, 15) is 14.9 Å². The van der Waals surface area contributed by atoms with Crippen LogP contribution in [0.25, 0.3) is 0 Å². The molecule has 0 aliphatic carbocycles. The van der Waals surface area contributed by atoms with E-state index in [4.69, 9.17) is 4.98 Å². The summed E-state index contributed by atoms with van der Waals surface area (Å²) in [6.07, 6.45) is 3.59. The number of nitro benzene ring substituents is 1. The molecule has 2 aromatic rings. The van der Waals surface area contributed by atoms with E-state index in [1.54, 1.807) is 17.0 Å². The molecule has 158 valence electrons. The molecular weight excluding hydrogens is 384 g/mol. The van der Waals surface area contributed by atoms with Crippen molar-refractivity contribution in [1.29, 1.82) is 0 Å². The van der Waals surface area contributed by atoms with Crippen LogP contribution in [0.2, 0.25) is 0 Å². The number of anilines is 2. The van der Waals surface area contributed by atoms with Crippen LogP contribution in [0.3, 0.4) is 0 Å². The lowest BCUT2D eigenvalue weighted by Gasteiger charge is -2.36. The molecule has 9 heteroatoms. The Balaban J connectivity index is 1.45. The van der Waals surface area contributed by atoms with Crippen LogP contribution in [-0.4, -0.2) is 65.0 Å². The third kappa shape index (κ3) is 4.19. The molecule has 2 aliphatic rings. The Morgan fingerprint density at radius 3 is 2.37 bits per heavy atom. The summed E-state index contributed by atoms with van der Waals surface area (Å²) in [5.74, 6) is 1.36. The predicted molar refractivity (Wildman–Crippen MR) is 114 cm³/mol. The van der Waals surface area contributed by atoms with Crippen molar-refractivity contribution >= 4 is 23.4 Å². The van der Waals surface area contributed by atoms with Crippen LogP contribution in [0.5, 0.6) is 0 Å². The van der Waals surface area contributed by atoms with Gasteiger partial charge in [-0.1, -0.05) is 12.1 Å². The highest BCUT2D eigenvalue weighted by molar-refractivity contribution is 5.98. The fraction of sp³-hybridized carbons (Fsp3) is 0.476. The molecule has 1 aromatic carbocycles. The van der Waals surface area contributed by atoms with Gasteiger partial charge in [0.15, 0.2) is 0 Å². The van der Waals surface area contributed by atoms with Crippen LogP contribution in [-0.2, 0) is 0 Å². The van der Waals surface area contributed by atoms with Crippen molar-refractivity contribution in [2.75, 3.05) is 49.1 Å². The van der Waals surface area contributed by atoms with Gasteiger partial charge in [0, 0.05) is 57.1 Å². The second-order valence-electron chi connectivity index (χ2n) is 7.77. The minimum absolute atomic E-state index is 0.140. The van der Waals surface area contributed by atoms with Gasteiger partial charge in [0.2, 0.25) is 5.95 Å². The molecule has 2 saturated heterocycles. The van der Waals surface area contributed by atoms with Gasteiger partial charge in [-0.15, -0.1) is 0 Å². The minimum Gasteiger partial charge on any atom is -0.353 e. The van der Waals surface area contributed by atoms with Gasteiger partial charge < -0.3 is 14.7 Å². The Kier molecular flexibility index (Phi) is 5.78. The normalized spacial score (nSPS) is 17.2. The Morgan fingerprint density at radius 2 is 1.67 bits per heavy atom. The molecule has 2 aliphatic heterocycles. The molecule has 0 atom stereocenters. The van der Waals surface area contributed by atoms with E-state index < -0.39 is 4.92 Å². The molecule has 0 spiro atoms. The van der Waals surface area contributed by atoms with Crippen molar-refractivity contribution in [3.63, 3.8) is 0 Å². The maximum atomic E-state index is 12.9. The van der Waals surface area contributed by atoms with Gasteiger partial charge in [0.1, 0.15) is 11.4 Å². The summed E-state index contributed by atoms with van der Waals surface area (Å²) in [5, 5.41) is 11.2. The monoisotopic (exact) mass is 410 g/mol. The number of benzene rings is 1. The maximum Gasteiger partial charge on any atom is 0.282 e. The fourth-order valence-electron chi connectivity index (χ4n) is 4.06. The first-order chi connectivity index (χ1) is 14.5. The van der Waals surface area contributed by atoms with Crippen molar-refractivity contribution in [1.82, 2.24) is 14.9 Å². The number of carbonyl (C=O) groups excluding carboxylic acids is 1. The highest BCUT2D eigenvalue weighted by Crippen LogP contribution is 2.23. The molecule has 0 bridgehead atoms. The number of nitrogens with zero attached hydrogens (tertiary/aromatic N) is 6. The molecule has 4 rings (SSSR count). The Hall–Kier alpha value is -3.23. The number of hydrogen-bond acceptors (Lipinski definition) is 7. The average Bonchev–Trinajstić information content (AvgIpc) is 2.79. The fourth-order valence-corrected chi connectivity index (χ4v) is 4.06. The minimum atomic E-state index is -0.505. The van der Waals surface area contributed by atoms with E-state index in [1.165, 1.54) is 31.4 Å². The Morgan fingerprint density at radius 1 is 0.967 bits per heavy atom. The largest absolute Gasteiger partial charge is 0.353 e. The predicted octanol–water partition coefficient (Wildman–Crippen LogP) is 2.65. The number of carbonyl (C=O) groups is 1. The van der Waals surface area contributed by atoms with Gasteiger partial charge in [0.25, 0.3) is 11.6 Å². The zero-order chi connectivity index (χ0) is 21.1. The summed E-state index contributed by atoms with van der Waals surface area (Å²) in [5.41, 5.74) is 0.919. The van der Waals surface area contributed by atoms with E-state index in [1.807, 2.05) is 13.0 Å². The molecule has 0 unspecified atom stereocenters. The molecule has 3 heterocycles. The zero-order valence-electron chi connectivity index (χ0n) is 17.2. The summed E-state index contributed by atoms with van der Waals surface area (Å²) in [7, 11) is 0. The molecular formula is C21H26N6O3. The summed E-state index contributed by atoms with van der Waals surface area (Å²) in [4.78, 5) is 39.1. The summed E-state index contributed by atoms with van der Waals surface area (Å²) >= 11 is 0. The number of nitro groups is 1. The quantitative estimate of drug-likeness (QED) is 0.565. The van der Waals surface area contributed by atoms with Crippen LogP contribution in [0, 0.1) is 17.0 Å². The van der Waals surface area contributed by atoms with E-state index in [-0.39, 0.29) is 17.2 Å². The lowest BCUT2D eigenvalue weighted by atomic mass is 10.1. The second-order valence-corrected chi connectivity index (χ2v) is 7.77. The number of piperazine rings is 1. The lowest BCUT2D eigenvalue weighted by Crippen LogP contribution is -2.49. The number of para-hydroxylation sites is 1. The van der Waals surface area contributed by atoms with E-state index in [0.717, 1.165) is 30.5 Å². The maximum absolute atomic E-state index is 12.9. The van der Waals surface area contributed by atoms with E-state index in [0.29, 0.717) is 26.2 Å². The van der Waals surface area contributed by atoms with Crippen LogP contribution in [0.4, 0.5) is 17.5 Å². The van der Waals surface area contributed by atoms with Gasteiger partial charge in [-0.3, -0.25) is 14.9 Å². The van der Waals surface area contributed by atoms with Crippen LogP contribution in [0.1, 0.15) is 35.3 Å².